The Bertz CT molecular complexity index is 2950. The van der Waals surface area contributed by atoms with E-state index in [9.17, 15) is 0 Å². The second kappa shape index (κ2) is 18.3. The summed E-state index contributed by atoms with van der Waals surface area (Å²) in [6, 6.07) is 66.9. The standard InChI is InChI=1S/C44H36N3O.C11H8N.Ir/c1-28(2)35-24-33(30-16-8-5-9-17-30)25-36(29(3)4)41(35)47-40-23-15-14-22-38(40)45-43(47)34-26-37(31-18-10-6-11-19-31)42-39(27-34)46-44(48-42)32-20-12-7-13-21-32;1-2-6-10(7-3-1)11-8-4-5-9-12-11;/h5-26,28-29H,1-4H3;1-6,8-9H;/q2*-1;. The van der Waals surface area contributed by atoms with E-state index >= 15 is 0 Å². The first-order chi connectivity index (χ1) is 29.4. The van der Waals surface area contributed by atoms with Crippen LogP contribution in [-0.2, 0) is 20.1 Å². The third-order valence-electron chi connectivity index (χ3n) is 10.7. The average Bonchev–Trinajstić information content (AvgIpc) is 3.92. The van der Waals surface area contributed by atoms with Crippen LogP contribution in [0.2, 0.25) is 0 Å². The van der Waals surface area contributed by atoms with E-state index in [1.165, 1.54) is 27.9 Å². The van der Waals surface area contributed by atoms with Crippen molar-refractivity contribution in [3.05, 3.63) is 205 Å². The fourth-order valence-electron chi connectivity index (χ4n) is 7.74. The van der Waals surface area contributed by atoms with Crippen molar-refractivity contribution >= 4 is 22.1 Å². The van der Waals surface area contributed by atoms with Crippen molar-refractivity contribution in [3.63, 3.8) is 0 Å². The topological polar surface area (TPSA) is 56.7 Å². The number of imidazole rings is 1. The van der Waals surface area contributed by atoms with E-state index in [0.717, 1.165) is 50.4 Å². The molecule has 6 heteroatoms. The molecule has 0 N–H and O–H groups in total. The molecule has 0 unspecified atom stereocenters. The van der Waals surface area contributed by atoms with Gasteiger partial charge in [0.15, 0.2) is 0 Å². The minimum Gasteiger partial charge on any atom is -0.484 e. The van der Waals surface area contributed by atoms with Gasteiger partial charge in [-0.3, -0.25) is 4.98 Å². The van der Waals surface area contributed by atoms with Gasteiger partial charge in [0.1, 0.15) is 0 Å². The van der Waals surface area contributed by atoms with Crippen LogP contribution in [0.5, 0.6) is 0 Å². The second-order valence-electron chi connectivity index (χ2n) is 15.5. The summed E-state index contributed by atoms with van der Waals surface area (Å²) < 4.78 is 8.85. The molecular weight excluding hydrogens is 925 g/mol. The number of aromatic nitrogens is 4. The Morgan fingerprint density at radius 1 is 0.557 bits per heavy atom. The van der Waals surface area contributed by atoms with Gasteiger partial charge < -0.3 is 14.0 Å². The molecular formula is C55H44IrN4O-2. The number of hydrogen-bond acceptors (Lipinski definition) is 4. The van der Waals surface area contributed by atoms with Gasteiger partial charge in [-0.15, -0.1) is 53.6 Å². The van der Waals surface area contributed by atoms with E-state index in [2.05, 4.69) is 146 Å². The van der Waals surface area contributed by atoms with Gasteiger partial charge in [0, 0.05) is 43.1 Å². The molecule has 61 heavy (non-hydrogen) atoms. The fraction of sp³-hybridized carbons (Fsp3) is 0.109. The predicted molar refractivity (Wildman–Crippen MR) is 246 cm³/mol. The van der Waals surface area contributed by atoms with E-state index in [1.54, 1.807) is 6.20 Å². The van der Waals surface area contributed by atoms with Gasteiger partial charge in [-0.2, -0.15) is 0 Å². The molecule has 0 aliphatic heterocycles. The molecule has 10 aromatic rings. The zero-order chi connectivity index (χ0) is 41.0. The van der Waals surface area contributed by atoms with Gasteiger partial charge in [0.2, 0.25) is 5.89 Å². The van der Waals surface area contributed by atoms with E-state index < -0.39 is 0 Å². The molecule has 10 rings (SSSR count). The molecule has 0 fully saturated rings. The Morgan fingerprint density at radius 2 is 1.16 bits per heavy atom. The van der Waals surface area contributed by atoms with Gasteiger partial charge in [-0.05, 0) is 87.8 Å². The Morgan fingerprint density at radius 3 is 1.79 bits per heavy atom. The SMILES string of the molecule is CC(C)c1cc(-c2ccccc2)cc(C(C)C)c1-n1c(-c2[c-]c3nc(-c4ccccc4)oc3c(-c3ccccc3)c2)nc2ccccc21.[Ir].[c-]1ccccc1-c1ccccn1. The van der Waals surface area contributed by atoms with Crippen LogP contribution in [-0.4, -0.2) is 19.5 Å². The van der Waals surface area contributed by atoms with Crippen molar-refractivity contribution in [2.45, 2.75) is 39.5 Å². The summed E-state index contributed by atoms with van der Waals surface area (Å²) >= 11 is 0. The predicted octanol–water partition coefficient (Wildman–Crippen LogP) is 14.4. The first kappa shape index (κ1) is 41.0. The third-order valence-corrected chi connectivity index (χ3v) is 10.7. The van der Waals surface area contributed by atoms with Crippen molar-refractivity contribution in [1.29, 1.82) is 0 Å². The van der Waals surface area contributed by atoms with Crippen molar-refractivity contribution in [2.75, 3.05) is 0 Å². The van der Waals surface area contributed by atoms with Crippen LogP contribution in [0.1, 0.15) is 50.7 Å². The van der Waals surface area contributed by atoms with Crippen LogP contribution >= 0.6 is 0 Å². The molecule has 7 aromatic carbocycles. The van der Waals surface area contributed by atoms with Gasteiger partial charge in [0.05, 0.1) is 22.4 Å². The number of fused-ring (bicyclic) bond motifs is 2. The summed E-state index contributed by atoms with van der Waals surface area (Å²) in [4.78, 5) is 14.5. The third kappa shape index (κ3) is 8.51. The summed E-state index contributed by atoms with van der Waals surface area (Å²) in [5.74, 6) is 1.94. The Kier molecular flexibility index (Phi) is 12.3. The van der Waals surface area contributed by atoms with Crippen LogP contribution in [0.3, 0.4) is 0 Å². The summed E-state index contributed by atoms with van der Waals surface area (Å²) in [5, 5.41) is 0. The molecule has 0 saturated carbocycles. The van der Waals surface area contributed by atoms with Crippen LogP contribution in [0, 0.1) is 12.1 Å². The summed E-state index contributed by atoms with van der Waals surface area (Å²) in [6.07, 6.45) is 1.79. The van der Waals surface area contributed by atoms with E-state index in [4.69, 9.17) is 14.4 Å². The Hall–Kier alpha value is -6.72. The zero-order valence-electron chi connectivity index (χ0n) is 34.5. The van der Waals surface area contributed by atoms with E-state index in [-0.39, 0.29) is 31.9 Å². The fourth-order valence-corrected chi connectivity index (χ4v) is 7.74. The Labute approximate surface area is 371 Å². The molecule has 1 radical (unpaired) electrons. The minimum absolute atomic E-state index is 0. The van der Waals surface area contributed by atoms with Gasteiger partial charge in [0.25, 0.3) is 0 Å². The normalized spacial score (nSPS) is 11.1. The van der Waals surface area contributed by atoms with Crippen molar-refractivity contribution in [2.24, 2.45) is 0 Å². The van der Waals surface area contributed by atoms with Gasteiger partial charge >= 0.3 is 0 Å². The van der Waals surface area contributed by atoms with Crippen LogP contribution in [0.15, 0.2) is 187 Å². The molecule has 0 aliphatic rings. The van der Waals surface area contributed by atoms with E-state index in [0.29, 0.717) is 17.0 Å². The molecule has 0 bridgehead atoms. The molecule has 3 aromatic heterocycles. The smallest absolute Gasteiger partial charge is 0.216 e. The quantitative estimate of drug-likeness (QED) is 0.142. The summed E-state index contributed by atoms with van der Waals surface area (Å²) in [7, 11) is 0. The molecule has 3 heterocycles. The largest absolute Gasteiger partial charge is 0.484 e. The monoisotopic (exact) mass is 969 g/mol. The molecule has 0 atom stereocenters. The number of para-hydroxylation sites is 2. The summed E-state index contributed by atoms with van der Waals surface area (Å²) in [6.45, 7) is 9.12. The maximum absolute atomic E-state index is 6.49. The minimum atomic E-state index is 0. The molecule has 0 aliphatic carbocycles. The zero-order valence-corrected chi connectivity index (χ0v) is 36.9. The van der Waals surface area contributed by atoms with Crippen LogP contribution in [0.4, 0.5) is 0 Å². The summed E-state index contributed by atoms with van der Waals surface area (Å²) in [5.41, 5.74) is 15.4. The number of benzene rings is 7. The Balaban J connectivity index is 0.000000340. The maximum atomic E-state index is 6.49. The molecule has 0 saturated heterocycles. The number of pyridine rings is 1. The van der Waals surface area contributed by atoms with Crippen LogP contribution in [0.25, 0.3) is 84.2 Å². The number of nitrogens with zero attached hydrogens (tertiary/aromatic N) is 4. The number of rotatable bonds is 8. The van der Waals surface area contributed by atoms with Crippen molar-refractivity contribution < 1.29 is 24.5 Å². The molecule has 301 valence electrons. The van der Waals surface area contributed by atoms with Crippen molar-refractivity contribution in [3.8, 4) is 62.0 Å². The second-order valence-corrected chi connectivity index (χ2v) is 15.5. The van der Waals surface area contributed by atoms with Crippen molar-refractivity contribution in [1.82, 2.24) is 19.5 Å². The average molecular weight is 969 g/mol. The van der Waals surface area contributed by atoms with E-state index in [1.807, 2.05) is 78.9 Å². The van der Waals surface area contributed by atoms with Gasteiger partial charge in [-0.25, -0.2) is 4.98 Å². The molecule has 0 amide bonds. The molecule has 5 nitrogen and oxygen atoms in total. The number of hydrogen-bond donors (Lipinski definition) is 0. The first-order valence-corrected chi connectivity index (χ1v) is 20.5. The molecule has 0 spiro atoms. The maximum Gasteiger partial charge on any atom is 0.216 e. The first-order valence-electron chi connectivity index (χ1n) is 20.5. The number of oxazole rings is 1. The van der Waals surface area contributed by atoms with Gasteiger partial charge in [-0.1, -0.05) is 136 Å². The van der Waals surface area contributed by atoms with Crippen LogP contribution < -0.4 is 0 Å².